The van der Waals surface area contributed by atoms with Gasteiger partial charge < -0.3 is 14.6 Å². The molecule has 0 aliphatic heterocycles. The summed E-state index contributed by atoms with van der Waals surface area (Å²) in [5.74, 6) is 0. The molecule has 0 radical (unpaired) electrons. The van der Waals surface area contributed by atoms with E-state index in [0.29, 0.717) is 5.56 Å². The lowest BCUT2D eigenvalue weighted by Gasteiger charge is -2.27. The second kappa shape index (κ2) is 10.1. The highest BCUT2D eigenvalue weighted by atomic mass is 32.1. The van der Waals surface area contributed by atoms with Crippen molar-refractivity contribution in [2.75, 3.05) is 4.90 Å². The Morgan fingerprint density at radius 2 is 1.35 bits per heavy atom. The fourth-order valence-electron chi connectivity index (χ4n) is 6.18. The van der Waals surface area contributed by atoms with Gasteiger partial charge in [0, 0.05) is 48.0 Å². The van der Waals surface area contributed by atoms with Gasteiger partial charge in [0.15, 0.2) is 0 Å². The fourth-order valence-corrected chi connectivity index (χ4v) is 7.27. The number of aromatic nitrogens is 1. The molecule has 0 amide bonds. The standard InChI is InChI=1S/C38H25N3OS/c39-23-25-12-16-28(17-13-25)41-33-8-3-1-7-31(33)38-34(9-5-10-35(38)41)40(27-18-14-26(24-42)15-19-27)29-20-21-37-32(22-29)30-6-2-4-11-36(30)43-37/h1-22,42H,24H2. The summed E-state index contributed by atoms with van der Waals surface area (Å²) in [5, 5.41) is 23.9. The molecule has 0 saturated heterocycles. The molecule has 0 bridgehead atoms. The first kappa shape index (κ1) is 25.3. The SMILES string of the molecule is N#Cc1ccc(-n2c3ccccc3c3c(N(c4ccc(CO)cc4)c4ccc5sc6ccccc6c5c4)cccc32)cc1. The van der Waals surface area contributed by atoms with E-state index in [1.165, 1.54) is 20.2 Å². The number of nitrogens with zero attached hydrogens (tertiary/aromatic N) is 3. The summed E-state index contributed by atoms with van der Waals surface area (Å²) in [6.45, 7) is 0.000788. The summed E-state index contributed by atoms with van der Waals surface area (Å²) in [5.41, 5.74) is 7.85. The minimum atomic E-state index is 0.000788. The van der Waals surface area contributed by atoms with Crippen molar-refractivity contribution in [1.82, 2.24) is 4.57 Å². The number of hydrogen-bond donors (Lipinski definition) is 1. The molecule has 6 aromatic carbocycles. The maximum atomic E-state index is 9.77. The molecule has 2 aromatic heterocycles. The molecule has 0 saturated carbocycles. The summed E-state index contributed by atoms with van der Waals surface area (Å²) in [7, 11) is 0. The Bertz CT molecular complexity index is 2340. The van der Waals surface area contributed by atoms with E-state index in [2.05, 4.69) is 113 Å². The van der Waals surface area contributed by atoms with Gasteiger partial charge in [0.25, 0.3) is 0 Å². The molecule has 8 aromatic rings. The molecular formula is C38H25N3OS. The van der Waals surface area contributed by atoms with Gasteiger partial charge in [0.2, 0.25) is 0 Å². The Hall–Kier alpha value is -5.41. The van der Waals surface area contributed by atoms with Crippen molar-refractivity contribution in [1.29, 1.82) is 5.26 Å². The van der Waals surface area contributed by atoms with E-state index in [-0.39, 0.29) is 6.61 Å². The average molecular weight is 572 g/mol. The van der Waals surface area contributed by atoms with Crippen LogP contribution in [0.3, 0.4) is 0 Å². The number of aliphatic hydroxyl groups excluding tert-OH is 1. The van der Waals surface area contributed by atoms with Crippen molar-refractivity contribution in [3.8, 4) is 11.8 Å². The molecule has 0 fully saturated rings. The summed E-state index contributed by atoms with van der Waals surface area (Å²) in [4.78, 5) is 2.32. The maximum Gasteiger partial charge on any atom is 0.0991 e. The number of thiophene rings is 1. The summed E-state index contributed by atoms with van der Waals surface area (Å²) in [6, 6.07) is 48.4. The van der Waals surface area contributed by atoms with Crippen molar-refractivity contribution < 1.29 is 5.11 Å². The zero-order valence-electron chi connectivity index (χ0n) is 23.1. The molecule has 43 heavy (non-hydrogen) atoms. The van der Waals surface area contributed by atoms with Crippen molar-refractivity contribution >= 4 is 70.4 Å². The van der Waals surface area contributed by atoms with Crippen LogP contribution >= 0.6 is 11.3 Å². The van der Waals surface area contributed by atoms with E-state index in [1.807, 2.05) is 47.7 Å². The molecule has 0 unspecified atom stereocenters. The highest BCUT2D eigenvalue weighted by Gasteiger charge is 2.21. The lowest BCUT2D eigenvalue weighted by atomic mass is 10.1. The molecule has 204 valence electrons. The number of benzene rings is 6. The molecule has 1 N–H and O–H groups in total. The highest BCUT2D eigenvalue weighted by molar-refractivity contribution is 7.25. The van der Waals surface area contributed by atoms with Gasteiger partial charge in [0.1, 0.15) is 0 Å². The predicted octanol–water partition coefficient (Wildman–Crippen LogP) is 9.99. The van der Waals surface area contributed by atoms with Crippen LogP contribution in [0.1, 0.15) is 11.1 Å². The topological polar surface area (TPSA) is 52.2 Å². The summed E-state index contributed by atoms with van der Waals surface area (Å²) >= 11 is 1.82. The predicted molar refractivity (Wildman–Crippen MR) is 179 cm³/mol. The highest BCUT2D eigenvalue weighted by Crippen LogP contribution is 2.45. The smallest absolute Gasteiger partial charge is 0.0991 e. The number of fused-ring (bicyclic) bond motifs is 6. The first-order valence-corrected chi connectivity index (χ1v) is 15.0. The molecular weight excluding hydrogens is 547 g/mol. The monoisotopic (exact) mass is 571 g/mol. The minimum absolute atomic E-state index is 0.000788. The lowest BCUT2D eigenvalue weighted by Crippen LogP contribution is -2.10. The van der Waals surface area contributed by atoms with Gasteiger partial charge in [-0.3, -0.25) is 0 Å². The molecule has 8 rings (SSSR count). The Balaban J connectivity index is 1.43. The normalized spacial score (nSPS) is 11.4. The Kier molecular flexibility index (Phi) is 5.97. The van der Waals surface area contributed by atoms with Crippen LogP contribution in [-0.2, 0) is 6.61 Å². The van der Waals surface area contributed by atoms with E-state index in [9.17, 15) is 10.4 Å². The van der Waals surface area contributed by atoms with Crippen LogP contribution in [0.15, 0.2) is 133 Å². The summed E-state index contributed by atoms with van der Waals surface area (Å²) in [6.07, 6.45) is 0. The molecule has 0 spiro atoms. The van der Waals surface area contributed by atoms with Gasteiger partial charge in [-0.05, 0) is 84.4 Å². The van der Waals surface area contributed by atoms with E-state index in [0.717, 1.165) is 50.1 Å². The molecule has 2 heterocycles. The van der Waals surface area contributed by atoms with Gasteiger partial charge in [-0.2, -0.15) is 5.26 Å². The third kappa shape index (κ3) is 4.08. The fraction of sp³-hybridized carbons (Fsp3) is 0.0263. The van der Waals surface area contributed by atoms with Gasteiger partial charge in [-0.1, -0.05) is 54.6 Å². The summed E-state index contributed by atoms with van der Waals surface area (Å²) < 4.78 is 4.81. The number of aliphatic hydroxyl groups is 1. The average Bonchev–Trinajstić information content (AvgIpc) is 3.61. The van der Waals surface area contributed by atoms with Crippen molar-refractivity contribution in [2.45, 2.75) is 6.61 Å². The first-order valence-electron chi connectivity index (χ1n) is 14.2. The number of para-hydroxylation sites is 1. The van der Waals surface area contributed by atoms with E-state index >= 15 is 0 Å². The lowest BCUT2D eigenvalue weighted by molar-refractivity contribution is 0.282. The zero-order valence-corrected chi connectivity index (χ0v) is 23.9. The van der Waals surface area contributed by atoms with Crippen LogP contribution in [0.4, 0.5) is 17.1 Å². The Labute approximate surface area is 252 Å². The van der Waals surface area contributed by atoms with Crippen LogP contribution in [0.5, 0.6) is 0 Å². The van der Waals surface area contributed by atoms with Gasteiger partial charge in [-0.15, -0.1) is 11.3 Å². The number of rotatable bonds is 5. The van der Waals surface area contributed by atoms with Crippen molar-refractivity contribution in [3.63, 3.8) is 0 Å². The number of anilines is 3. The second-order valence-electron chi connectivity index (χ2n) is 10.6. The maximum absolute atomic E-state index is 9.77. The zero-order chi connectivity index (χ0) is 28.9. The largest absolute Gasteiger partial charge is 0.392 e. The molecule has 0 aliphatic carbocycles. The van der Waals surface area contributed by atoms with Crippen LogP contribution in [0.25, 0.3) is 47.7 Å². The van der Waals surface area contributed by atoms with E-state index in [4.69, 9.17) is 0 Å². The third-order valence-corrected chi connectivity index (χ3v) is 9.32. The van der Waals surface area contributed by atoms with Gasteiger partial charge >= 0.3 is 0 Å². The molecule has 0 aliphatic rings. The molecule has 0 atom stereocenters. The van der Waals surface area contributed by atoms with E-state index in [1.54, 1.807) is 0 Å². The molecule has 4 nitrogen and oxygen atoms in total. The van der Waals surface area contributed by atoms with Crippen LogP contribution in [-0.4, -0.2) is 9.67 Å². The number of nitriles is 1. The second-order valence-corrected chi connectivity index (χ2v) is 11.7. The Morgan fingerprint density at radius 1 is 0.651 bits per heavy atom. The quantitative estimate of drug-likeness (QED) is 0.224. The van der Waals surface area contributed by atoms with Crippen LogP contribution < -0.4 is 4.90 Å². The van der Waals surface area contributed by atoms with Crippen LogP contribution in [0.2, 0.25) is 0 Å². The first-order chi connectivity index (χ1) is 21.2. The van der Waals surface area contributed by atoms with Crippen molar-refractivity contribution in [3.05, 3.63) is 145 Å². The van der Waals surface area contributed by atoms with Gasteiger partial charge in [-0.25, -0.2) is 0 Å². The minimum Gasteiger partial charge on any atom is -0.392 e. The van der Waals surface area contributed by atoms with Crippen LogP contribution in [0, 0.1) is 11.3 Å². The van der Waals surface area contributed by atoms with Crippen molar-refractivity contribution in [2.24, 2.45) is 0 Å². The van der Waals surface area contributed by atoms with Gasteiger partial charge in [0.05, 0.1) is 35.0 Å². The Morgan fingerprint density at radius 3 is 2.14 bits per heavy atom. The number of hydrogen-bond acceptors (Lipinski definition) is 4. The third-order valence-electron chi connectivity index (χ3n) is 8.17. The molecule has 5 heteroatoms. The van der Waals surface area contributed by atoms with E-state index < -0.39 is 0 Å².